The van der Waals surface area contributed by atoms with Crippen molar-refractivity contribution in [3.05, 3.63) is 29.8 Å². The quantitative estimate of drug-likeness (QED) is 0.816. The summed E-state index contributed by atoms with van der Waals surface area (Å²) in [6.07, 6.45) is 1.29. The SMILES string of the molecule is COc1ccccc1CC1NCC(C)O1. The number of rotatable bonds is 3. The summed E-state index contributed by atoms with van der Waals surface area (Å²) in [6, 6.07) is 8.06. The number of hydrogen-bond donors (Lipinski definition) is 1. The summed E-state index contributed by atoms with van der Waals surface area (Å²) >= 11 is 0. The molecule has 0 aromatic heterocycles. The highest BCUT2D eigenvalue weighted by atomic mass is 16.5. The van der Waals surface area contributed by atoms with Crippen LogP contribution in [0.3, 0.4) is 0 Å². The second-order valence-electron chi connectivity index (χ2n) is 3.86. The van der Waals surface area contributed by atoms with Gasteiger partial charge in [0.2, 0.25) is 0 Å². The van der Waals surface area contributed by atoms with E-state index < -0.39 is 0 Å². The number of hydrogen-bond acceptors (Lipinski definition) is 3. The van der Waals surface area contributed by atoms with Crippen LogP contribution in [0.1, 0.15) is 12.5 Å². The van der Waals surface area contributed by atoms with Gasteiger partial charge in [-0.3, -0.25) is 5.32 Å². The monoisotopic (exact) mass is 207 g/mol. The fourth-order valence-corrected chi connectivity index (χ4v) is 1.87. The van der Waals surface area contributed by atoms with Gasteiger partial charge in [-0.15, -0.1) is 0 Å². The van der Waals surface area contributed by atoms with Gasteiger partial charge in [-0.1, -0.05) is 18.2 Å². The first-order valence-corrected chi connectivity index (χ1v) is 5.30. The predicted molar refractivity (Wildman–Crippen MR) is 59.0 cm³/mol. The molecule has 1 aliphatic rings. The molecule has 1 heterocycles. The van der Waals surface area contributed by atoms with Crippen LogP contribution < -0.4 is 10.1 Å². The van der Waals surface area contributed by atoms with Gasteiger partial charge >= 0.3 is 0 Å². The molecule has 2 unspecified atom stereocenters. The van der Waals surface area contributed by atoms with Gasteiger partial charge in [-0.25, -0.2) is 0 Å². The summed E-state index contributed by atoms with van der Waals surface area (Å²) in [6.45, 7) is 3.01. The standard InChI is InChI=1S/C12H17NO2/c1-9-8-13-12(15-9)7-10-5-3-4-6-11(10)14-2/h3-6,9,12-13H,7-8H2,1-2H3. The van der Waals surface area contributed by atoms with Crippen molar-refractivity contribution < 1.29 is 9.47 Å². The molecule has 0 bridgehead atoms. The fraction of sp³-hybridized carbons (Fsp3) is 0.500. The van der Waals surface area contributed by atoms with E-state index in [1.807, 2.05) is 18.2 Å². The van der Waals surface area contributed by atoms with E-state index in [1.165, 1.54) is 5.56 Å². The van der Waals surface area contributed by atoms with Crippen molar-refractivity contribution in [2.24, 2.45) is 0 Å². The largest absolute Gasteiger partial charge is 0.496 e. The minimum absolute atomic E-state index is 0.122. The van der Waals surface area contributed by atoms with Crippen molar-refractivity contribution >= 4 is 0 Å². The molecule has 3 heteroatoms. The third-order valence-electron chi connectivity index (χ3n) is 2.63. The average Bonchev–Trinajstić information content (AvgIpc) is 2.65. The maximum Gasteiger partial charge on any atom is 0.122 e. The van der Waals surface area contributed by atoms with Gasteiger partial charge in [0, 0.05) is 13.0 Å². The highest BCUT2D eigenvalue weighted by molar-refractivity contribution is 5.33. The molecular weight excluding hydrogens is 190 g/mol. The van der Waals surface area contributed by atoms with Crippen LogP contribution in [0.4, 0.5) is 0 Å². The van der Waals surface area contributed by atoms with Crippen molar-refractivity contribution in [1.82, 2.24) is 5.32 Å². The van der Waals surface area contributed by atoms with E-state index in [0.29, 0.717) is 6.10 Å². The molecule has 1 aromatic rings. The van der Waals surface area contributed by atoms with Crippen LogP contribution in [-0.4, -0.2) is 26.0 Å². The first kappa shape index (κ1) is 10.5. The molecule has 3 nitrogen and oxygen atoms in total. The molecule has 1 saturated heterocycles. The van der Waals surface area contributed by atoms with Gasteiger partial charge in [0.1, 0.15) is 12.0 Å². The number of para-hydroxylation sites is 1. The number of ether oxygens (including phenoxy) is 2. The smallest absolute Gasteiger partial charge is 0.122 e. The van der Waals surface area contributed by atoms with Crippen molar-refractivity contribution in [2.45, 2.75) is 25.7 Å². The van der Waals surface area contributed by atoms with E-state index in [4.69, 9.17) is 9.47 Å². The van der Waals surface area contributed by atoms with Gasteiger partial charge in [0.25, 0.3) is 0 Å². The minimum atomic E-state index is 0.122. The van der Waals surface area contributed by atoms with Crippen molar-refractivity contribution in [1.29, 1.82) is 0 Å². The molecule has 1 aliphatic heterocycles. The summed E-state index contributed by atoms with van der Waals surface area (Å²) in [5.74, 6) is 0.933. The van der Waals surface area contributed by atoms with E-state index in [1.54, 1.807) is 7.11 Å². The van der Waals surface area contributed by atoms with Gasteiger partial charge < -0.3 is 9.47 Å². The molecule has 0 spiro atoms. The molecule has 0 amide bonds. The maximum absolute atomic E-state index is 5.70. The lowest BCUT2D eigenvalue weighted by Gasteiger charge is -2.13. The first-order valence-electron chi connectivity index (χ1n) is 5.30. The van der Waals surface area contributed by atoms with E-state index >= 15 is 0 Å². The number of benzene rings is 1. The summed E-state index contributed by atoms with van der Waals surface area (Å²) in [7, 11) is 1.70. The molecule has 1 fully saturated rings. The molecule has 1 aromatic carbocycles. The lowest BCUT2D eigenvalue weighted by Crippen LogP contribution is -2.25. The fourth-order valence-electron chi connectivity index (χ4n) is 1.87. The Morgan fingerprint density at radius 3 is 2.93 bits per heavy atom. The second kappa shape index (κ2) is 4.64. The Morgan fingerprint density at radius 2 is 2.27 bits per heavy atom. The lowest BCUT2D eigenvalue weighted by atomic mass is 10.1. The minimum Gasteiger partial charge on any atom is -0.496 e. The summed E-state index contributed by atoms with van der Waals surface area (Å²) in [5.41, 5.74) is 1.19. The van der Waals surface area contributed by atoms with Crippen molar-refractivity contribution in [2.75, 3.05) is 13.7 Å². The Morgan fingerprint density at radius 1 is 1.47 bits per heavy atom. The molecule has 1 N–H and O–H groups in total. The van der Waals surface area contributed by atoms with Gasteiger partial charge in [0.15, 0.2) is 0 Å². The Balaban J connectivity index is 2.04. The van der Waals surface area contributed by atoms with Crippen LogP contribution in [0, 0.1) is 0 Å². The molecule has 2 atom stereocenters. The van der Waals surface area contributed by atoms with E-state index in [-0.39, 0.29) is 6.23 Å². The molecule has 15 heavy (non-hydrogen) atoms. The summed E-state index contributed by atoms with van der Waals surface area (Å²) in [4.78, 5) is 0. The Kier molecular flexibility index (Phi) is 3.23. The average molecular weight is 207 g/mol. The Bertz CT molecular complexity index is 327. The zero-order valence-corrected chi connectivity index (χ0v) is 9.19. The maximum atomic E-state index is 5.70. The molecule has 0 saturated carbocycles. The molecule has 2 rings (SSSR count). The van der Waals surface area contributed by atoms with E-state index in [0.717, 1.165) is 18.7 Å². The second-order valence-corrected chi connectivity index (χ2v) is 3.86. The highest BCUT2D eigenvalue weighted by Gasteiger charge is 2.21. The zero-order valence-electron chi connectivity index (χ0n) is 9.19. The van der Waals surface area contributed by atoms with Crippen LogP contribution in [0.5, 0.6) is 5.75 Å². The third kappa shape index (κ3) is 2.49. The molecule has 82 valence electrons. The van der Waals surface area contributed by atoms with Gasteiger partial charge in [-0.2, -0.15) is 0 Å². The first-order chi connectivity index (χ1) is 7.29. The van der Waals surface area contributed by atoms with Crippen LogP contribution >= 0.6 is 0 Å². The summed E-state index contributed by atoms with van der Waals surface area (Å²) < 4.78 is 11.0. The molecule has 0 radical (unpaired) electrons. The zero-order chi connectivity index (χ0) is 10.7. The normalized spacial score (nSPS) is 25.5. The topological polar surface area (TPSA) is 30.5 Å². The van der Waals surface area contributed by atoms with E-state index in [2.05, 4.69) is 18.3 Å². The van der Waals surface area contributed by atoms with Gasteiger partial charge in [0.05, 0.1) is 13.2 Å². The van der Waals surface area contributed by atoms with Crippen LogP contribution in [0.2, 0.25) is 0 Å². The Hall–Kier alpha value is -1.06. The lowest BCUT2D eigenvalue weighted by molar-refractivity contribution is 0.0517. The van der Waals surface area contributed by atoms with Crippen molar-refractivity contribution in [3.8, 4) is 5.75 Å². The summed E-state index contributed by atoms with van der Waals surface area (Å²) in [5, 5.41) is 3.33. The molecular formula is C12H17NO2. The third-order valence-corrected chi connectivity index (χ3v) is 2.63. The number of methoxy groups -OCH3 is 1. The van der Waals surface area contributed by atoms with Crippen LogP contribution in [0.25, 0.3) is 0 Å². The van der Waals surface area contributed by atoms with Gasteiger partial charge in [-0.05, 0) is 18.6 Å². The highest BCUT2D eigenvalue weighted by Crippen LogP contribution is 2.20. The van der Waals surface area contributed by atoms with E-state index in [9.17, 15) is 0 Å². The Labute approximate surface area is 90.4 Å². The van der Waals surface area contributed by atoms with Crippen molar-refractivity contribution in [3.63, 3.8) is 0 Å². The van der Waals surface area contributed by atoms with Crippen LogP contribution in [-0.2, 0) is 11.2 Å². The predicted octanol–water partition coefficient (Wildman–Crippen LogP) is 1.57. The molecule has 0 aliphatic carbocycles. The number of nitrogens with one attached hydrogen (secondary N) is 1. The van der Waals surface area contributed by atoms with Crippen LogP contribution in [0.15, 0.2) is 24.3 Å².